The molecular weight excluding hydrogens is 482 g/mol. The van der Waals surface area contributed by atoms with Crippen molar-refractivity contribution in [2.75, 3.05) is 12.8 Å². The van der Waals surface area contributed by atoms with Crippen LogP contribution in [0.1, 0.15) is 59.8 Å². The number of ether oxygens (including phenoxy) is 1. The second-order valence-electron chi connectivity index (χ2n) is 10.5. The molecule has 2 aliphatic rings. The van der Waals surface area contributed by atoms with Crippen molar-refractivity contribution in [1.29, 1.82) is 0 Å². The second kappa shape index (κ2) is 13.1. The van der Waals surface area contributed by atoms with Crippen LogP contribution in [0.15, 0.2) is 0 Å². The highest BCUT2D eigenvalue weighted by Gasteiger charge is 2.48. The number of hydrogen-bond acceptors (Lipinski definition) is 8. The standard InChI is InChI=1S/C23H42ClN3O6S/c1-12(24)16(20-18(30)17(29)19(31)22(33-20)34-5)26-21(32)14-8-6-13(10-11-25-14)7-9-15(28)27-23(2,3)4/h12-14,16-20,22,25,29-31H,6-11H2,1-5H3,(H,26,32)(H,27,28)/t12-,13+,14?,16+,17?,18?,19+,20+,22?/m0/s1. The van der Waals surface area contributed by atoms with Crippen LogP contribution in [0.3, 0.4) is 0 Å². The number of aliphatic hydroxyl groups excluding tert-OH is 3. The van der Waals surface area contributed by atoms with Crippen molar-refractivity contribution in [3.8, 4) is 0 Å². The number of aliphatic hydroxyl groups is 3. The highest BCUT2D eigenvalue weighted by atomic mass is 35.5. The van der Waals surface area contributed by atoms with Gasteiger partial charge in [0.05, 0.1) is 17.5 Å². The Hall–Kier alpha value is -0.620. The first kappa shape index (κ1) is 29.6. The SMILES string of the molecule is CSC1O[C@H]([C@H](NC(=O)C2CC[C@H](CCC(=O)NC(C)(C)C)CCN2)[C@H](C)Cl)C(O)C(O)[C@H]1O. The van der Waals surface area contributed by atoms with E-state index in [1.165, 1.54) is 11.8 Å². The van der Waals surface area contributed by atoms with Gasteiger partial charge in [-0.3, -0.25) is 9.59 Å². The molecule has 0 aromatic rings. The summed E-state index contributed by atoms with van der Waals surface area (Å²) in [5.41, 5.74) is -0.994. The average Bonchev–Trinajstić information content (AvgIpc) is 2.99. The van der Waals surface area contributed by atoms with Crippen LogP contribution in [0.5, 0.6) is 0 Å². The molecule has 9 nitrogen and oxygen atoms in total. The fourth-order valence-corrected chi connectivity index (χ4v) is 5.41. The molecule has 2 aliphatic heterocycles. The first-order chi connectivity index (χ1) is 15.8. The minimum Gasteiger partial charge on any atom is -0.388 e. The fraction of sp³-hybridized carbons (Fsp3) is 0.913. The number of carbonyl (C=O) groups excluding carboxylic acids is 2. The summed E-state index contributed by atoms with van der Waals surface area (Å²) in [6.07, 6.45) is 0.275. The second-order valence-corrected chi connectivity index (χ2v) is 12.1. The molecule has 4 unspecified atom stereocenters. The zero-order valence-corrected chi connectivity index (χ0v) is 22.4. The zero-order chi connectivity index (χ0) is 25.6. The number of rotatable bonds is 8. The van der Waals surface area contributed by atoms with Gasteiger partial charge in [0, 0.05) is 12.0 Å². The van der Waals surface area contributed by atoms with E-state index >= 15 is 0 Å². The minimum atomic E-state index is -1.40. The molecular formula is C23H42ClN3O6S. The molecule has 6 N–H and O–H groups in total. The summed E-state index contributed by atoms with van der Waals surface area (Å²) in [4.78, 5) is 25.2. The van der Waals surface area contributed by atoms with Crippen molar-refractivity contribution in [2.45, 2.75) is 113 Å². The molecule has 0 saturated carbocycles. The maximum Gasteiger partial charge on any atom is 0.237 e. The van der Waals surface area contributed by atoms with E-state index in [0.717, 1.165) is 19.3 Å². The molecule has 2 fully saturated rings. The van der Waals surface area contributed by atoms with Gasteiger partial charge in [-0.05, 0) is 72.1 Å². The van der Waals surface area contributed by atoms with Crippen LogP contribution in [-0.2, 0) is 14.3 Å². The maximum absolute atomic E-state index is 13.1. The van der Waals surface area contributed by atoms with Crippen LogP contribution in [0, 0.1) is 5.92 Å². The maximum atomic E-state index is 13.1. The zero-order valence-electron chi connectivity index (χ0n) is 20.8. The van der Waals surface area contributed by atoms with Gasteiger partial charge in [-0.1, -0.05) is 0 Å². The van der Waals surface area contributed by atoms with E-state index in [1.54, 1.807) is 13.2 Å². The lowest BCUT2D eigenvalue weighted by Crippen LogP contribution is -2.65. The number of halogens is 1. The Bertz CT molecular complexity index is 678. The number of hydrogen-bond donors (Lipinski definition) is 6. The monoisotopic (exact) mass is 523 g/mol. The van der Waals surface area contributed by atoms with Gasteiger partial charge in [-0.2, -0.15) is 0 Å². The van der Waals surface area contributed by atoms with Gasteiger partial charge in [0.2, 0.25) is 11.8 Å². The summed E-state index contributed by atoms with van der Waals surface area (Å²) >= 11 is 7.57. The van der Waals surface area contributed by atoms with Gasteiger partial charge in [0.1, 0.15) is 29.9 Å². The molecule has 2 saturated heterocycles. The van der Waals surface area contributed by atoms with Gasteiger partial charge in [-0.25, -0.2) is 0 Å². The van der Waals surface area contributed by atoms with Gasteiger partial charge >= 0.3 is 0 Å². The van der Waals surface area contributed by atoms with Crippen LogP contribution in [0.25, 0.3) is 0 Å². The largest absolute Gasteiger partial charge is 0.388 e. The third kappa shape index (κ3) is 8.50. The Morgan fingerprint density at radius 1 is 1.15 bits per heavy atom. The quantitative estimate of drug-likeness (QED) is 0.256. The predicted molar refractivity (Wildman–Crippen MR) is 134 cm³/mol. The molecule has 2 amide bonds. The van der Waals surface area contributed by atoms with Crippen molar-refractivity contribution in [3.63, 3.8) is 0 Å². The highest BCUT2D eigenvalue weighted by Crippen LogP contribution is 2.30. The molecule has 198 valence electrons. The molecule has 11 heteroatoms. The molecule has 34 heavy (non-hydrogen) atoms. The van der Waals surface area contributed by atoms with Gasteiger partial charge < -0.3 is 36.0 Å². The summed E-state index contributed by atoms with van der Waals surface area (Å²) in [6, 6.07) is -1.19. The van der Waals surface area contributed by atoms with E-state index in [4.69, 9.17) is 16.3 Å². The van der Waals surface area contributed by atoms with Crippen molar-refractivity contribution < 1.29 is 29.6 Å². The van der Waals surface area contributed by atoms with Crippen LogP contribution >= 0.6 is 23.4 Å². The number of alkyl halides is 1. The van der Waals surface area contributed by atoms with E-state index in [0.29, 0.717) is 25.3 Å². The Balaban J connectivity index is 1.93. The predicted octanol–water partition coefficient (Wildman–Crippen LogP) is 0.722. The van der Waals surface area contributed by atoms with Crippen molar-refractivity contribution in [3.05, 3.63) is 0 Å². The number of amides is 2. The number of thioether (sulfide) groups is 1. The molecule has 0 aromatic carbocycles. The molecule has 0 aliphatic carbocycles. The summed E-state index contributed by atoms with van der Waals surface area (Å²) < 4.78 is 5.82. The normalized spacial score (nSPS) is 34.6. The lowest BCUT2D eigenvalue weighted by atomic mass is 9.92. The van der Waals surface area contributed by atoms with E-state index < -0.39 is 47.3 Å². The smallest absolute Gasteiger partial charge is 0.237 e. The summed E-state index contributed by atoms with van der Waals surface area (Å²) in [5.74, 6) is 0.141. The van der Waals surface area contributed by atoms with Crippen molar-refractivity contribution >= 4 is 35.2 Å². The summed E-state index contributed by atoms with van der Waals surface area (Å²) in [5, 5.41) is 39.5. The van der Waals surface area contributed by atoms with E-state index in [2.05, 4.69) is 16.0 Å². The molecule has 0 radical (unpaired) electrons. The third-order valence-electron chi connectivity index (χ3n) is 6.41. The topological polar surface area (TPSA) is 140 Å². The Labute approximate surface area is 212 Å². The van der Waals surface area contributed by atoms with Gasteiger partial charge in [0.25, 0.3) is 0 Å². The Morgan fingerprint density at radius 3 is 2.41 bits per heavy atom. The van der Waals surface area contributed by atoms with Crippen LogP contribution in [0.4, 0.5) is 0 Å². The van der Waals surface area contributed by atoms with E-state index in [1.807, 2.05) is 20.8 Å². The van der Waals surface area contributed by atoms with Gasteiger partial charge in [-0.15, -0.1) is 23.4 Å². The number of carbonyl (C=O) groups is 2. The average molecular weight is 524 g/mol. The molecule has 9 atom stereocenters. The van der Waals surface area contributed by atoms with Crippen LogP contribution < -0.4 is 16.0 Å². The third-order valence-corrected chi connectivity index (χ3v) is 7.54. The lowest BCUT2D eigenvalue weighted by molar-refractivity contribution is -0.205. The fourth-order valence-electron chi connectivity index (χ4n) is 4.53. The number of nitrogens with one attached hydrogen (secondary N) is 3. The lowest BCUT2D eigenvalue weighted by Gasteiger charge is -2.44. The van der Waals surface area contributed by atoms with Crippen LogP contribution in [-0.4, -0.2) is 92.8 Å². The Morgan fingerprint density at radius 2 is 1.82 bits per heavy atom. The summed E-state index contributed by atoms with van der Waals surface area (Å²) in [6.45, 7) is 8.22. The van der Waals surface area contributed by atoms with E-state index in [9.17, 15) is 24.9 Å². The Kier molecular flexibility index (Phi) is 11.4. The minimum absolute atomic E-state index is 0.0415. The molecule has 0 spiro atoms. The first-order valence-electron chi connectivity index (χ1n) is 12.0. The highest BCUT2D eigenvalue weighted by molar-refractivity contribution is 7.99. The van der Waals surface area contributed by atoms with Gasteiger partial charge in [0.15, 0.2) is 0 Å². The first-order valence-corrected chi connectivity index (χ1v) is 13.8. The molecule has 2 heterocycles. The van der Waals surface area contributed by atoms with Crippen molar-refractivity contribution in [1.82, 2.24) is 16.0 Å². The van der Waals surface area contributed by atoms with Crippen molar-refractivity contribution in [2.24, 2.45) is 5.92 Å². The summed E-state index contributed by atoms with van der Waals surface area (Å²) in [7, 11) is 0. The molecule has 0 bridgehead atoms. The van der Waals surface area contributed by atoms with E-state index in [-0.39, 0.29) is 17.4 Å². The molecule has 2 rings (SSSR count). The van der Waals surface area contributed by atoms with Crippen LogP contribution in [0.2, 0.25) is 0 Å². The molecule has 0 aromatic heterocycles.